The number of nitrogens with one attached hydrogen (secondary N) is 1. The van der Waals surface area contributed by atoms with Crippen molar-refractivity contribution >= 4 is 11.9 Å². The van der Waals surface area contributed by atoms with Crippen molar-refractivity contribution in [2.24, 2.45) is 35.5 Å². The summed E-state index contributed by atoms with van der Waals surface area (Å²) in [6.45, 7) is 3.65. The molecule has 0 atom stereocenters. The number of hydrogen-bond donors (Lipinski definition) is 2. The number of hydrogen-bond acceptors (Lipinski definition) is 5. The molecule has 0 radical (unpaired) electrons. The van der Waals surface area contributed by atoms with Crippen molar-refractivity contribution in [1.82, 2.24) is 20.0 Å². The van der Waals surface area contributed by atoms with Crippen LogP contribution in [0.3, 0.4) is 0 Å². The molecule has 6 aliphatic rings. The van der Waals surface area contributed by atoms with Crippen molar-refractivity contribution < 1.29 is 19.4 Å². The lowest BCUT2D eigenvalue weighted by atomic mass is 9.54. The van der Waals surface area contributed by atoms with Crippen LogP contribution in [-0.4, -0.2) is 63.9 Å². The molecule has 0 unspecified atom stereocenters. The van der Waals surface area contributed by atoms with E-state index in [1.807, 2.05) is 4.68 Å². The molecule has 8 heteroatoms. The molecule has 0 aromatic carbocycles. The smallest absolute Gasteiger partial charge is 0.306 e. The second kappa shape index (κ2) is 11.0. The summed E-state index contributed by atoms with van der Waals surface area (Å²) in [7, 11) is 0. The van der Waals surface area contributed by atoms with Gasteiger partial charge >= 0.3 is 5.97 Å². The first-order valence-electron chi connectivity index (χ1n) is 15.0. The van der Waals surface area contributed by atoms with Gasteiger partial charge in [0.2, 0.25) is 5.88 Å². The number of amides is 1. The minimum Gasteiger partial charge on any atom is -0.481 e. The normalized spacial score (nSPS) is 32.5. The molecule has 4 bridgehead atoms. The molecule has 7 rings (SSSR count). The zero-order valence-electron chi connectivity index (χ0n) is 22.2. The van der Waals surface area contributed by atoms with Gasteiger partial charge in [-0.1, -0.05) is 19.3 Å². The Kier molecular flexibility index (Phi) is 7.46. The number of carbonyl (C=O) groups is 2. The van der Waals surface area contributed by atoms with Gasteiger partial charge in [0.15, 0.2) is 0 Å². The van der Waals surface area contributed by atoms with E-state index in [1.54, 1.807) is 6.20 Å². The summed E-state index contributed by atoms with van der Waals surface area (Å²) < 4.78 is 8.28. The Morgan fingerprint density at radius 1 is 0.946 bits per heavy atom. The summed E-state index contributed by atoms with van der Waals surface area (Å²) in [5.41, 5.74) is 0.578. The highest BCUT2D eigenvalue weighted by atomic mass is 16.5. The Morgan fingerprint density at radius 3 is 2.27 bits per heavy atom. The van der Waals surface area contributed by atoms with Crippen LogP contribution >= 0.6 is 0 Å². The highest BCUT2D eigenvalue weighted by Gasteiger charge is 2.48. The van der Waals surface area contributed by atoms with E-state index in [9.17, 15) is 14.7 Å². The summed E-state index contributed by atoms with van der Waals surface area (Å²) in [6.07, 6.45) is 15.8. The number of carboxylic acid groups (broad SMARTS) is 1. The van der Waals surface area contributed by atoms with E-state index in [0.717, 1.165) is 31.5 Å². The van der Waals surface area contributed by atoms with Gasteiger partial charge in [-0.2, -0.15) is 5.10 Å². The average Bonchev–Trinajstić information content (AvgIpc) is 3.31. The molecule has 1 amide bonds. The highest BCUT2D eigenvalue weighted by molar-refractivity contribution is 5.96. The van der Waals surface area contributed by atoms with Gasteiger partial charge < -0.3 is 20.1 Å². The molecular formula is C29H44N4O4. The van der Waals surface area contributed by atoms with Crippen LogP contribution in [0.2, 0.25) is 0 Å². The fraction of sp³-hybridized carbons (Fsp3) is 0.828. The minimum atomic E-state index is -0.681. The number of nitrogens with zero attached hydrogens (tertiary/aromatic N) is 3. The highest BCUT2D eigenvalue weighted by Crippen LogP contribution is 2.53. The van der Waals surface area contributed by atoms with E-state index in [1.165, 1.54) is 64.2 Å². The molecular weight excluding hydrogens is 468 g/mol. The third-order valence-corrected chi connectivity index (χ3v) is 10.3. The van der Waals surface area contributed by atoms with Gasteiger partial charge in [-0.05, 0) is 100 Å². The number of ether oxygens (including phenoxy) is 1. The first-order chi connectivity index (χ1) is 18.0. The van der Waals surface area contributed by atoms with E-state index in [0.29, 0.717) is 61.2 Å². The number of carbonyl (C=O) groups excluding carboxylic acids is 1. The Morgan fingerprint density at radius 2 is 1.62 bits per heavy atom. The summed E-state index contributed by atoms with van der Waals surface area (Å²) in [5, 5.41) is 17.4. The number of aromatic nitrogens is 2. The first-order valence-corrected chi connectivity index (χ1v) is 15.0. The molecule has 37 heavy (non-hydrogen) atoms. The van der Waals surface area contributed by atoms with Gasteiger partial charge in [-0.3, -0.25) is 9.59 Å². The first kappa shape index (κ1) is 25.2. The summed E-state index contributed by atoms with van der Waals surface area (Å²) in [4.78, 5) is 27.2. The molecule has 2 N–H and O–H groups in total. The van der Waals surface area contributed by atoms with Crippen molar-refractivity contribution in [3.8, 4) is 5.88 Å². The maximum absolute atomic E-state index is 13.6. The molecule has 0 spiro atoms. The molecule has 6 fully saturated rings. The lowest BCUT2D eigenvalue weighted by Crippen LogP contribution is -2.55. The fourth-order valence-corrected chi connectivity index (χ4v) is 8.42. The van der Waals surface area contributed by atoms with Crippen LogP contribution in [0.1, 0.15) is 87.4 Å². The van der Waals surface area contributed by atoms with Gasteiger partial charge in [0, 0.05) is 12.6 Å². The van der Waals surface area contributed by atoms with Crippen molar-refractivity contribution in [1.29, 1.82) is 0 Å². The summed E-state index contributed by atoms with van der Waals surface area (Å²) >= 11 is 0. The zero-order chi connectivity index (χ0) is 25.4. The Labute approximate surface area is 220 Å². The zero-order valence-corrected chi connectivity index (χ0v) is 22.2. The van der Waals surface area contributed by atoms with Crippen LogP contribution in [-0.2, 0) is 11.3 Å². The molecule has 2 heterocycles. The predicted molar refractivity (Wildman–Crippen MR) is 139 cm³/mol. The number of aliphatic carboxylic acids is 1. The van der Waals surface area contributed by atoms with Crippen LogP contribution in [0.4, 0.5) is 0 Å². The lowest BCUT2D eigenvalue weighted by Gasteiger charge is -2.54. The second-order valence-corrected chi connectivity index (χ2v) is 12.8. The van der Waals surface area contributed by atoms with E-state index >= 15 is 0 Å². The van der Waals surface area contributed by atoms with Crippen LogP contribution < -0.4 is 10.1 Å². The predicted octanol–water partition coefficient (Wildman–Crippen LogP) is 4.19. The lowest BCUT2D eigenvalue weighted by molar-refractivity contribution is -0.143. The molecule has 1 aliphatic heterocycles. The molecule has 1 saturated heterocycles. The Balaban J connectivity index is 1.12. The van der Waals surface area contributed by atoms with Crippen LogP contribution in [0, 0.1) is 35.5 Å². The van der Waals surface area contributed by atoms with Crippen molar-refractivity contribution in [3.05, 3.63) is 11.8 Å². The Bertz CT molecular complexity index is 935. The maximum Gasteiger partial charge on any atom is 0.306 e. The molecule has 204 valence electrons. The number of carboxylic acids is 1. The van der Waals surface area contributed by atoms with E-state index < -0.39 is 5.97 Å². The van der Waals surface area contributed by atoms with E-state index in [2.05, 4.69) is 15.3 Å². The largest absolute Gasteiger partial charge is 0.481 e. The fourth-order valence-electron chi connectivity index (χ4n) is 8.42. The number of piperidine rings is 1. The van der Waals surface area contributed by atoms with Crippen molar-refractivity contribution in [2.45, 2.75) is 89.6 Å². The monoisotopic (exact) mass is 512 g/mol. The third kappa shape index (κ3) is 5.55. The Hall–Kier alpha value is -2.09. The number of rotatable bonds is 9. The van der Waals surface area contributed by atoms with Gasteiger partial charge in [-0.25, -0.2) is 4.68 Å². The quantitative estimate of drug-likeness (QED) is 0.515. The van der Waals surface area contributed by atoms with E-state index in [-0.39, 0.29) is 11.8 Å². The average molecular weight is 513 g/mol. The second-order valence-electron chi connectivity index (χ2n) is 12.8. The van der Waals surface area contributed by atoms with Crippen molar-refractivity contribution in [2.75, 3.05) is 26.2 Å². The van der Waals surface area contributed by atoms with Gasteiger partial charge in [0.25, 0.3) is 5.91 Å². The van der Waals surface area contributed by atoms with E-state index in [4.69, 9.17) is 4.74 Å². The van der Waals surface area contributed by atoms with Crippen LogP contribution in [0.15, 0.2) is 6.20 Å². The van der Waals surface area contributed by atoms with Gasteiger partial charge in [0.05, 0.1) is 25.3 Å². The minimum absolute atomic E-state index is 0.0235. The maximum atomic E-state index is 13.6. The van der Waals surface area contributed by atoms with Crippen LogP contribution in [0.5, 0.6) is 5.88 Å². The topological polar surface area (TPSA) is 96.7 Å². The third-order valence-electron chi connectivity index (χ3n) is 10.3. The molecule has 1 aromatic rings. The van der Waals surface area contributed by atoms with Gasteiger partial charge in [0.1, 0.15) is 5.56 Å². The molecule has 1 aromatic heterocycles. The summed E-state index contributed by atoms with van der Waals surface area (Å²) in [6, 6.07) is 0.297. The molecule has 5 aliphatic carbocycles. The van der Waals surface area contributed by atoms with Crippen LogP contribution in [0.25, 0.3) is 0 Å². The standard InChI is InChI=1S/C29H44N4O4/c34-27(31-26-23-13-20-12-21(15-23)16-24(26)14-20)25-17-30-33(28(25)37-18-19-4-2-1-3-5-19)11-10-32-8-6-22(7-9-32)29(35)36/h17,19-24,26H,1-16,18H2,(H,31,34)(H,35,36). The van der Waals surface area contributed by atoms with Crippen molar-refractivity contribution in [3.63, 3.8) is 0 Å². The van der Waals surface area contributed by atoms with Gasteiger partial charge in [-0.15, -0.1) is 0 Å². The molecule has 8 nitrogen and oxygen atoms in total. The molecule has 5 saturated carbocycles. The SMILES string of the molecule is O=C(NC1C2CC3CC(C2)CC1C3)c1cnn(CCN2CCC(C(=O)O)CC2)c1OCC1CCCCC1. The summed E-state index contributed by atoms with van der Waals surface area (Å²) in [5.74, 6) is 3.27. The number of likely N-dealkylation sites (tertiary alicyclic amines) is 1.